The van der Waals surface area contributed by atoms with Gasteiger partial charge in [-0.2, -0.15) is 0 Å². The largest absolute Gasteiger partial charge is 0.366 e. The van der Waals surface area contributed by atoms with E-state index in [2.05, 4.69) is 0 Å². The molecule has 1 amide bonds. The Labute approximate surface area is 125 Å². The second-order valence-corrected chi connectivity index (χ2v) is 4.16. The molecular weight excluding hydrogens is 281 g/mol. The number of hydrogen-bond acceptors (Lipinski definition) is 1. The molecule has 2 aromatic carbocycles. The van der Waals surface area contributed by atoms with E-state index in [0.717, 1.165) is 22.3 Å². The van der Waals surface area contributed by atoms with Gasteiger partial charge in [0.15, 0.2) is 0 Å². The molecule has 4 heteroatoms. The molecule has 0 spiro atoms. The van der Waals surface area contributed by atoms with E-state index in [0.29, 0.717) is 5.56 Å². The third kappa shape index (κ3) is 3.49. The van der Waals surface area contributed by atoms with Crippen molar-refractivity contribution < 1.29 is 4.79 Å². The van der Waals surface area contributed by atoms with Gasteiger partial charge in [-0.25, -0.2) is 0 Å². The second-order valence-electron chi connectivity index (χ2n) is 4.16. The minimum Gasteiger partial charge on any atom is -0.366 e. The zero-order valence-electron chi connectivity index (χ0n) is 10.8. The van der Waals surface area contributed by atoms with Crippen LogP contribution in [-0.2, 0) is 0 Å². The van der Waals surface area contributed by atoms with Crippen LogP contribution in [0.3, 0.4) is 0 Å². The lowest BCUT2D eigenvalue weighted by Crippen LogP contribution is -2.15. The van der Waals surface area contributed by atoms with Gasteiger partial charge in [0.25, 0.3) is 0 Å². The topological polar surface area (TPSA) is 43.1 Å². The number of aryl methyl sites for hydroxylation is 1. The molecule has 0 radical (unpaired) electrons. The van der Waals surface area contributed by atoms with E-state index in [1.54, 1.807) is 0 Å². The number of carbonyl (C=O) groups is 1. The third-order valence-corrected chi connectivity index (χ3v) is 3.00. The average molecular weight is 298 g/mol. The van der Waals surface area contributed by atoms with Gasteiger partial charge in [0.1, 0.15) is 0 Å². The van der Waals surface area contributed by atoms with Gasteiger partial charge in [0.2, 0.25) is 5.91 Å². The fraction of sp³-hybridized carbons (Fsp3) is 0.133. The Morgan fingerprint density at radius 2 is 1.53 bits per heavy atom. The number of halogens is 2. The van der Waals surface area contributed by atoms with E-state index in [1.807, 2.05) is 56.3 Å². The Hall–Kier alpha value is -1.51. The van der Waals surface area contributed by atoms with Gasteiger partial charge in [0, 0.05) is 5.56 Å². The third-order valence-electron chi connectivity index (χ3n) is 3.00. The van der Waals surface area contributed by atoms with Crippen LogP contribution in [0, 0.1) is 13.8 Å². The molecule has 2 rings (SSSR count). The molecule has 102 valence electrons. The first-order valence-corrected chi connectivity index (χ1v) is 5.56. The van der Waals surface area contributed by atoms with Gasteiger partial charge in [-0.3, -0.25) is 4.79 Å². The lowest BCUT2D eigenvalue weighted by molar-refractivity contribution is 0.0999. The Morgan fingerprint density at radius 1 is 0.947 bits per heavy atom. The number of nitrogens with two attached hydrogens (primary N) is 1. The van der Waals surface area contributed by atoms with E-state index in [1.165, 1.54) is 0 Å². The van der Waals surface area contributed by atoms with Crippen molar-refractivity contribution in [1.29, 1.82) is 0 Å². The zero-order valence-corrected chi connectivity index (χ0v) is 12.5. The van der Waals surface area contributed by atoms with Crippen LogP contribution in [0.5, 0.6) is 0 Å². The van der Waals surface area contributed by atoms with Crippen molar-refractivity contribution in [1.82, 2.24) is 0 Å². The molecule has 0 aliphatic carbocycles. The van der Waals surface area contributed by atoms with Crippen molar-refractivity contribution >= 4 is 30.7 Å². The summed E-state index contributed by atoms with van der Waals surface area (Å²) in [7, 11) is 0. The second kappa shape index (κ2) is 7.17. The highest BCUT2D eigenvalue weighted by molar-refractivity contribution is 5.97. The predicted molar refractivity (Wildman–Crippen MR) is 84.4 cm³/mol. The molecule has 0 aliphatic rings. The number of carbonyl (C=O) groups excluding carboxylic acids is 1. The van der Waals surface area contributed by atoms with Gasteiger partial charge in [-0.15, -0.1) is 24.8 Å². The Morgan fingerprint density at radius 3 is 2.05 bits per heavy atom. The summed E-state index contributed by atoms with van der Waals surface area (Å²) in [6.07, 6.45) is 0. The van der Waals surface area contributed by atoms with Crippen LogP contribution < -0.4 is 5.73 Å². The normalized spacial score (nSPS) is 9.16. The van der Waals surface area contributed by atoms with Crippen LogP contribution in [0.15, 0.2) is 42.5 Å². The molecule has 0 fully saturated rings. The van der Waals surface area contributed by atoms with Gasteiger partial charge in [-0.05, 0) is 36.1 Å². The monoisotopic (exact) mass is 297 g/mol. The molecule has 2 aromatic rings. The van der Waals surface area contributed by atoms with Crippen molar-refractivity contribution in [2.75, 3.05) is 0 Å². The summed E-state index contributed by atoms with van der Waals surface area (Å²) in [5.41, 5.74) is 10.1. The minimum absolute atomic E-state index is 0. The van der Waals surface area contributed by atoms with Crippen molar-refractivity contribution in [2.45, 2.75) is 13.8 Å². The maximum Gasteiger partial charge on any atom is 0.249 e. The number of hydrogen-bond donors (Lipinski definition) is 1. The first-order chi connectivity index (χ1) is 8.11. The number of benzene rings is 2. The van der Waals surface area contributed by atoms with Crippen molar-refractivity contribution in [3.63, 3.8) is 0 Å². The molecule has 2 N–H and O–H groups in total. The highest BCUT2D eigenvalue weighted by atomic mass is 35.5. The molecule has 19 heavy (non-hydrogen) atoms. The Kier molecular flexibility index (Phi) is 6.60. The summed E-state index contributed by atoms with van der Waals surface area (Å²) in [5.74, 6) is -0.363. The Bertz CT molecular complexity index is 568. The van der Waals surface area contributed by atoms with E-state index < -0.39 is 0 Å². The van der Waals surface area contributed by atoms with Crippen LogP contribution in [0.2, 0.25) is 0 Å². The van der Waals surface area contributed by atoms with Crippen LogP contribution in [-0.4, -0.2) is 5.91 Å². The highest BCUT2D eigenvalue weighted by Crippen LogP contribution is 2.27. The summed E-state index contributed by atoms with van der Waals surface area (Å²) in [5, 5.41) is 0. The predicted octanol–water partition coefficient (Wildman–Crippen LogP) is 3.91. The number of rotatable bonds is 2. The number of amides is 1. The number of primary amides is 1. The maximum atomic E-state index is 11.4. The molecular formula is C15H17Cl2NO. The molecule has 0 unspecified atom stereocenters. The van der Waals surface area contributed by atoms with Crippen LogP contribution in [0.25, 0.3) is 11.1 Å². The first kappa shape index (κ1) is 17.5. The van der Waals surface area contributed by atoms with Gasteiger partial charge in [0.05, 0.1) is 0 Å². The van der Waals surface area contributed by atoms with E-state index in [4.69, 9.17) is 5.73 Å². The van der Waals surface area contributed by atoms with Crippen LogP contribution >= 0.6 is 24.8 Å². The molecule has 0 atom stereocenters. The van der Waals surface area contributed by atoms with Crippen molar-refractivity contribution in [2.24, 2.45) is 5.73 Å². The lowest BCUT2D eigenvalue weighted by atomic mass is 9.93. The standard InChI is InChI=1S/C15H15NO.2ClH/c1-10-8-9-13(11(2)14(10)15(16)17)12-6-4-3-5-7-12;;/h3-9H,1-2H3,(H2,16,17);2*1H. The summed E-state index contributed by atoms with van der Waals surface area (Å²) in [4.78, 5) is 11.4. The lowest BCUT2D eigenvalue weighted by Gasteiger charge is -2.12. The zero-order chi connectivity index (χ0) is 12.4. The minimum atomic E-state index is -0.363. The summed E-state index contributed by atoms with van der Waals surface area (Å²) < 4.78 is 0. The molecule has 0 saturated heterocycles. The summed E-state index contributed by atoms with van der Waals surface area (Å²) >= 11 is 0. The fourth-order valence-electron chi connectivity index (χ4n) is 2.16. The van der Waals surface area contributed by atoms with Gasteiger partial charge < -0.3 is 5.73 Å². The Balaban J connectivity index is 0.00000162. The molecule has 0 saturated carbocycles. The average Bonchev–Trinajstić information content (AvgIpc) is 2.30. The molecule has 0 bridgehead atoms. The molecule has 0 heterocycles. The SMILES string of the molecule is Cc1ccc(-c2ccccc2)c(C)c1C(N)=O.Cl.Cl. The van der Waals surface area contributed by atoms with E-state index in [-0.39, 0.29) is 30.7 Å². The first-order valence-electron chi connectivity index (χ1n) is 5.56. The highest BCUT2D eigenvalue weighted by Gasteiger charge is 2.12. The molecule has 0 aliphatic heterocycles. The van der Waals surface area contributed by atoms with Crippen molar-refractivity contribution in [3.8, 4) is 11.1 Å². The molecule has 2 nitrogen and oxygen atoms in total. The summed E-state index contributed by atoms with van der Waals surface area (Å²) in [6.45, 7) is 3.84. The summed E-state index contributed by atoms with van der Waals surface area (Å²) in [6, 6.07) is 14.0. The van der Waals surface area contributed by atoms with Crippen LogP contribution in [0.4, 0.5) is 0 Å². The quantitative estimate of drug-likeness (QED) is 0.897. The van der Waals surface area contributed by atoms with Gasteiger partial charge in [-0.1, -0.05) is 42.5 Å². The molecule has 0 aromatic heterocycles. The smallest absolute Gasteiger partial charge is 0.249 e. The van der Waals surface area contributed by atoms with Gasteiger partial charge >= 0.3 is 0 Å². The fourth-order valence-corrected chi connectivity index (χ4v) is 2.16. The maximum absolute atomic E-state index is 11.4. The van der Waals surface area contributed by atoms with E-state index >= 15 is 0 Å². The van der Waals surface area contributed by atoms with Crippen molar-refractivity contribution in [3.05, 3.63) is 59.2 Å². The van der Waals surface area contributed by atoms with Crippen LogP contribution in [0.1, 0.15) is 21.5 Å². The van der Waals surface area contributed by atoms with E-state index in [9.17, 15) is 4.79 Å².